The van der Waals surface area contributed by atoms with Crippen molar-refractivity contribution >= 4 is 5.91 Å². The maximum atomic E-state index is 12.9. The number of nitrogens with zero attached hydrogens (tertiary/aromatic N) is 7. The fourth-order valence-corrected chi connectivity index (χ4v) is 3.76. The highest BCUT2D eigenvalue weighted by Crippen LogP contribution is 2.19. The van der Waals surface area contributed by atoms with Crippen LogP contribution in [0.5, 0.6) is 0 Å². The molecule has 134 valence electrons. The third-order valence-electron chi connectivity index (χ3n) is 5.21. The molecule has 4 heterocycles. The minimum absolute atomic E-state index is 0.0265. The first kappa shape index (κ1) is 16.3. The molecule has 4 rings (SSSR count). The highest BCUT2D eigenvalue weighted by atomic mass is 16.2. The van der Waals surface area contributed by atoms with Crippen LogP contribution in [-0.2, 0) is 26.7 Å². The van der Waals surface area contributed by atoms with Gasteiger partial charge in [0.25, 0.3) is 5.91 Å². The molecule has 2 aliphatic rings. The number of rotatable bonds is 3. The van der Waals surface area contributed by atoms with Gasteiger partial charge in [0.2, 0.25) is 0 Å². The average Bonchev–Trinajstić information content (AvgIpc) is 3.14. The second-order valence-corrected chi connectivity index (χ2v) is 6.96. The second-order valence-electron chi connectivity index (χ2n) is 6.96. The monoisotopic (exact) mass is 343 g/mol. The average molecular weight is 343 g/mol. The van der Waals surface area contributed by atoms with Gasteiger partial charge in [0.15, 0.2) is 0 Å². The van der Waals surface area contributed by atoms with Crippen molar-refractivity contribution in [3.63, 3.8) is 0 Å². The summed E-state index contributed by atoms with van der Waals surface area (Å²) in [5, 5.41) is 12.9. The summed E-state index contributed by atoms with van der Waals surface area (Å²) in [6.07, 6.45) is 6.40. The quantitative estimate of drug-likeness (QED) is 0.833. The van der Waals surface area contributed by atoms with E-state index < -0.39 is 0 Å². The van der Waals surface area contributed by atoms with Gasteiger partial charge in [-0.3, -0.25) is 14.4 Å². The number of amides is 1. The molecule has 0 aliphatic carbocycles. The Kier molecular flexibility index (Phi) is 4.52. The lowest BCUT2D eigenvalue weighted by atomic mass is 10.1. The largest absolute Gasteiger partial charge is 0.331 e. The molecule has 0 unspecified atom stereocenters. The summed E-state index contributed by atoms with van der Waals surface area (Å²) in [7, 11) is 1.80. The number of hydrogen-bond acceptors (Lipinski definition) is 5. The summed E-state index contributed by atoms with van der Waals surface area (Å²) in [6, 6.07) is 1.78. The number of carbonyl (C=O) groups is 1. The molecule has 1 fully saturated rings. The molecule has 0 atom stereocenters. The van der Waals surface area contributed by atoms with E-state index in [0.29, 0.717) is 12.2 Å². The summed E-state index contributed by atoms with van der Waals surface area (Å²) < 4.78 is 3.62. The molecule has 8 nitrogen and oxygen atoms in total. The topological polar surface area (TPSA) is 72.1 Å². The van der Waals surface area contributed by atoms with Crippen LogP contribution in [0.2, 0.25) is 0 Å². The smallest absolute Gasteiger partial charge is 0.272 e. The summed E-state index contributed by atoms with van der Waals surface area (Å²) in [4.78, 5) is 17.2. The van der Waals surface area contributed by atoms with Gasteiger partial charge in [-0.1, -0.05) is 11.6 Å². The van der Waals surface area contributed by atoms with E-state index in [0.717, 1.165) is 50.5 Å². The molecular formula is C17H25N7O. The fourth-order valence-electron chi connectivity index (χ4n) is 3.76. The number of likely N-dealkylation sites (tertiary alicyclic amines) is 1. The van der Waals surface area contributed by atoms with Gasteiger partial charge in [-0.15, -0.1) is 5.10 Å². The van der Waals surface area contributed by atoms with Crippen LogP contribution in [-0.4, -0.2) is 60.1 Å². The van der Waals surface area contributed by atoms with E-state index in [1.807, 2.05) is 9.58 Å². The van der Waals surface area contributed by atoms with Crippen LogP contribution >= 0.6 is 0 Å². The number of aryl methyl sites for hydroxylation is 2. The lowest BCUT2D eigenvalue weighted by Gasteiger charge is -2.26. The third kappa shape index (κ3) is 3.30. The van der Waals surface area contributed by atoms with Crippen molar-refractivity contribution in [2.75, 3.05) is 19.6 Å². The van der Waals surface area contributed by atoms with E-state index in [1.54, 1.807) is 24.0 Å². The van der Waals surface area contributed by atoms with Gasteiger partial charge in [-0.2, -0.15) is 5.10 Å². The molecule has 0 radical (unpaired) electrons. The van der Waals surface area contributed by atoms with E-state index in [4.69, 9.17) is 0 Å². The minimum Gasteiger partial charge on any atom is -0.331 e. The summed E-state index contributed by atoms with van der Waals surface area (Å²) in [5.74, 6) is 0.0265. The Hall–Kier alpha value is -2.22. The maximum Gasteiger partial charge on any atom is 0.272 e. The number of carbonyl (C=O) groups excluding carboxylic acids is 1. The van der Waals surface area contributed by atoms with Crippen molar-refractivity contribution < 1.29 is 4.79 Å². The first-order chi connectivity index (χ1) is 12.2. The van der Waals surface area contributed by atoms with Crippen LogP contribution in [0.15, 0.2) is 12.3 Å². The molecule has 0 saturated carbocycles. The molecule has 0 bridgehead atoms. The lowest BCUT2D eigenvalue weighted by molar-refractivity contribution is 0.0733. The molecule has 2 aliphatic heterocycles. The molecule has 0 spiro atoms. The first-order valence-electron chi connectivity index (χ1n) is 9.13. The molecule has 25 heavy (non-hydrogen) atoms. The number of piperidine rings is 1. The number of aromatic nitrogens is 5. The summed E-state index contributed by atoms with van der Waals surface area (Å²) in [6.45, 7) is 5.21. The highest BCUT2D eigenvalue weighted by molar-refractivity contribution is 5.92. The zero-order valence-corrected chi connectivity index (χ0v) is 14.8. The van der Waals surface area contributed by atoms with Crippen molar-refractivity contribution in [1.82, 2.24) is 34.6 Å². The fraction of sp³-hybridized carbons (Fsp3) is 0.647. The Balaban J connectivity index is 1.54. The molecule has 2 aromatic heterocycles. The molecule has 0 N–H and O–H groups in total. The van der Waals surface area contributed by atoms with E-state index in [2.05, 4.69) is 20.3 Å². The van der Waals surface area contributed by atoms with Crippen LogP contribution in [0, 0.1) is 0 Å². The van der Waals surface area contributed by atoms with Crippen LogP contribution < -0.4 is 0 Å². The normalized spacial score (nSPS) is 18.8. The van der Waals surface area contributed by atoms with E-state index in [9.17, 15) is 4.79 Å². The van der Waals surface area contributed by atoms with Crippen LogP contribution in [0.4, 0.5) is 0 Å². The van der Waals surface area contributed by atoms with Gasteiger partial charge in [-0.25, -0.2) is 4.68 Å². The zero-order valence-electron chi connectivity index (χ0n) is 14.8. The van der Waals surface area contributed by atoms with Crippen molar-refractivity contribution in [3.05, 3.63) is 29.3 Å². The number of hydrogen-bond donors (Lipinski definition) is 0. The third-order valence-corrected chi connectivity index (χ3v) is 5.21. The molecule has 1 amide bonds. The Bertz CT molecular complexity index is 744. The minimum atomic E-state index is 0.0265. The van der Waals surface area contributed by atoms with Crippen molar-refractivity contribution in [2.45, 2.75) is 45.3 Å². The van der Waals surface area contributed by atoms with Gasteiger partial charge < -0.3 is 4.90 Å². The second kappa shape index (κ2) is 6.95. The molecule has 2 aromatic rings. The SMILES string of the molecule is Cn1nccc1C(=O)N1CCCn2nnc(CN3CCCCC3)c2C1. The summed E-state index contributed by atoms with van der Waals surface area (Å²) in [5.41, 5.74) is 2.73. The molecule has 1 saturated heterocycles. The molecule has 8 heteroatoms. The predicted molar refractivity (Wildman–Crippen MR) is 91.7 cm³/mol. The first-order valence-corrected chi connectivity index (χ1v) is 9.13. The van der Waals surface area contributed by atoms with Gasteiger partial charge in [0.05, 0.1) is 12.2 Å². The number of fused-ring (bicyclic) bond motifs is 1. The van der Waals surface area contributed by atoms with Gasteiger partial charge >= 0.3 is 0 Å². The zero-order chi connectivity index (χ0) is 17.2. The van der Waals surface area contributed by atoms with Crippen LogP contribution in [0.3, 0.4) is 0 Å². The van der Waals surface area contributed by atoms with Crippen molar-refractivity contribution in [2.24, 2.45) is 7.05 Å². The van der Waals surface area contributed by atoms with Gasteiger partial charge in [0, 0.05) is 32.9 Å². The summed E-state index contributed by atoms with van der Waals surface area (Å²) >= 11 is 0. The van der Waals surface area contributed by atoms with E-state index >= 15 is 0 Å². The Morgan fingerprint density at radius 3 is 2.72 bits per heavy atom. The van der Waals surface area contributed by atoms with Crippen LogP contribution in [0.1, 0.15) is 47.6 Å². The molecule has 0 aromatic carbocycles. The van der Waals surface area contributed by atoms with E-state index in [-0.39, 0.29) is 5.91 Å². The maximum absolute atomic E-state index is 12.9. The van der Waals surface area contributed by atoms with Gasteiger partial charge in [-0.05, 0) is 38.4 Å². The van der Waals surface area contributed by atoms with Crippen molar-refractivity contribution in [3.8, 4) is 0 Å². The molecular weight excluding hydrogens is 318 g/mol. The van der Waals surface area contributed by atoms with Gasteiger partial charge in [0.1, 0.15) is 11.4 Å². The standard InChI is InChI=1S/C17H25N7O/c1-21-15(6-7-18-21)17(25)23-10-5-11-24-16(13-23)14(19-20-24)12-22-8-3-2-4-9-22/h6-7H,2-5,8-13H2,1H3. The Morgan fingerprint density at radius 1 is 1.12 bits per heavy atom. The Labute approximate surface area is 147 Å². The van der Waals surface area contributed by atoms with E-state index in [1.165, 1.54) is 19.3 Å². The van der Waals surface area contributed by atoms with Crippen molar-refractivity contribution in [1.29, 1.82) is 0 Å². The Morgan fingerprint density at radius 2 is 1.96 bits per heavy atom. The predicted octanol–water partition coefficient (Wildman–Crippen LogP) is 1.04. The lowest BCUT2D eigenvalue weighted by Crippen LogP contribution is -2.33. The van der Waals surface area contributed by atoms with Crippen LogP contribution in [0.25, 0.3) is 0 Å². The highest BCUT2D eigenvalue weighted by Gasteiger charge is 2.26.